The molecule has 244 valence electrons. The molecule has 2 amide bonds. The minimum absolute atomic E-state index is 0.0758. The van der Waals surface area contributed by atoms with Crippen molar-refractivity contribution in [1.82, 2.24) is 34.6 Å². The van der Waals surface area contributed by atoms with Crippen LogP contribution in [0.4, 0.5) is 16.7 Å². The van der Waals surface area contributed by atoms with Gasteiger partial charge in [-0.05, 0) is 20.8 Å². The quantitative estimate of drug-likeness (QED) is 0.396. The summed E-state index contributed by atoms with van der Waals surface area (Å²) in [5.41, 5.74) is 1.43. The van der Waals surface area contributed by atoms with Crippen LogP contribution in [-0.2, 0) is 27.2 Å². The van der Waals surface area contributed by atoms with Crippen LogP contribution >= 0.6 is 0 Å². The molecule has 2 saturated heterocycles. The second-order valence-corrected chi connectivity index (χ2v) is 12.4. The average molecular weight is 626 g/mol. The van der Waals surface area contributed by atoms with Crippen molar-refractivity contribution in [2.45, 2.75) is 45.8 Å². The summed E-state index contributed by atoms with van der Waals surface area (Å²) < 4.78 is 11.3. The molecule has 0 aliphatic carbocycles. The van der Waals surface area contributed by atoms with Crippen LogP contribution in [0.2, 0.25) is 0 Å². The Balaban J connectivity index is 0.960. The highest BCUT2D eigenvalue weighted by atomic mass is 16.6. The molecule has 0 aromatic carbocycles. The molecule has 0 bridgehead atoms. The Morgan fingerprint density at radius 2 is 1.47 bits per heavy atom. The van der Waals surface area contributed by atoms with E-state index in [2.05, 4.69) is 24.8 Å². The number of ether oxygens (including phenoxy) is 2. The molecule has 15 heteroatoms. The molecule has 15 nitrogen and oxygen atoms in total. The molecule has 45 heavy (non-hydrogen) atoms. The third kappa shape index (κ3) is 8.75. The van der Waals surface area contributed by atoms with Crippen LogP contribution in [0, 0.1) is 0 Å². The van der Waals surface area contributed by atoms with Crippen molar-refractivity contribution in [3.05, 3.63) is 35.4 Å². The van der Waals surface area contributed by atoms with E-state index in [1.807, 2.05) is 30.6 Å². The first kappa shape index (κ1) is 32.3. The molecule has 0 saturated carbocycles. The zero-order chi connectivity index (χ0) is 32.0. The Hall–Kier alpha value is -4.11. The van der Waals surface area contributed by atoms with Crippen LogP contribution in [0.1, 0.15) is 48.8 Å². The van der Waals surface area contributed by atoms with Crippen LogP contribution in [0.5, 0.6) is 0 Å². The van der Waals surface area contributed by atoms with Crippen LogP contribution in [0.3, 0.4) is 0 Å². The molecule has 0 atom stereocenters. The van der Waals surface area contributed by atoms with Gasteiger partial charge in [-0.25, -0.2) is 29.5 Å². The van der Waals surface area contributed by atoms with Crippen molar-refractivity contribution >= 4 is 29.9 Å². The number of fused-ring (bicyclic) bond motifs is 1. The zero-order valence-electron chi connectivity index (χ0n) is 26.4. The van der Waals surface area contributed by atoms with Gasteiger partial charge in [-0.2, -0.15) is 0 Å². The standard InChI is InChI=1S/C30H43N9O6/c1-30(2,3)45-29(43)39-6-4-24-23(21-39)20-33-28(34-24)38-13-11-36(12-14-38)25(40)5-16-44-17-15-35-7-9-37(10-8-35)27-31-18-22(19-32-27)26(41)42/h18-20H,4-17,21H2,1-3H3,(H,41,42). The summed E-state index contributed by atoms with van der Waals surface area (Å²) in [6.45, 7) is 14.0. The Bertz CT molecular complexity index is 1340. The van der Waals surface area contributed by atoms with Gasteiger partial charge in [0.2, 0.25) is 17.8 Å². The van der Waals surface area contributed by atoms with Crippen LogP contribution < -0.4 is 9.80 Å². The third-order valence-corrected chi connectivity index (χ3v) is 8.04. The predicted molar refractivity (Wildman–Crippen MR) is 164 cm³/mol. The fourth-order valence-electron chi connectivity index (χ4n) is 5.48. The van der Waals surface area contributed by atoms with Crippen molar-refractivity contribution < 1.29 is 29.0 Å². The van der Waals surface area contributed by atoms with Gasteiger partial charge in [-0.15, -0.1) is 0 Å². The molecule has 0 unspecified atom stereocenters. The SMILES string of the molecule is CC(C)(C)OC(=O)N1CCc2nc(N3CCN(C(=O)CCOCCN4CCN(c5ncc(C(=O)O)cn5)CC4)CC3)ncc2C1. The molecule has 1 N–H and O–H groups in total. The number of rotatable bonds is 9. The lowest BCUT2D eigenvalue weighted by Crippen LogP contribution is -2.49. The van der Waals surface area contributed by atoms with Gasteiger partial charge in [-0.3, -0.25) is 9.69 Å². The van der Waals surface area contributed by atoms with Gasteiger partial charge >= 0.3 is 12.1 Å². The maximum absolute atomic E-state index is 12.8. The van der Waals surface area contributed by atoms with Gasteiger partial charge in [0.25, 0.3) is 0 Å². The van der Waals surface area contributed by atoms with Crippen LogP contribution in [-0.4, -0.2) is 142 Å². The first-order chi connectivity index (χ1) is 21.6. The fraction of sp³-hybridized carbons (Fsp3) is 0.633. The Labute approximate surface area is 263 Å². The molecule has 2 fully saturated rings. The van der Waals surface area contributed by atoms with Crippen molar-refractivity contribution in [3.8, 4) is 0 Å². The van der Waals surface area contributed by atoms with Crippen molar-refractivity contribution in [1.29, 1.82) is 0 Å². The highest BCUT2D eigenvalue weighted by Crippen LogP contribution is 2.22. The third-order valence-electron chi connectivity index (χ3n) is 8.04. The zero-order valence-corrected chi connectivity index (χ0v) is 26.4. The minimum atomic E-state index is -1.04. The number of anilines is 2. The number of aromatic carboxylic acids is 1. The van der Waals surface area contributed by atoms with E-state index >= 15 is 0 Å². The summed E-state index contributed by atoms with van der Waals surface area (Å²) >= 11 is 0. The molecule has 2 aromatic rings. The molecule has 0 radical (unpaired) electrons. The van der Waals surface area contributed by atoms with E-state index in [0.29, 0.717) is 77.2 Å². The summed E-state index contributed by atoms with van der Waals surface area (Å²) in [5.74, 6) is 0.257. The van der Waals surface area contributed by atoms with E-state index < -0.39 is 11.6 Å². The lowest BCUT2D eigenvalue weighted by Gasteiger charge is -2.35. The molecule has 5 rings (SSSR count). The highest BCUT2D eigenvalue weighted by Gasteiger charge is 2.28. The Morgan fingerprint density at radius 1 is 0.822 bits per heavy atom. The molecular weight excluding hydrogens is 582 g/mol. The van der Waals surface area contributed by atoms with E-state index in [9.17, 15) is 14.4 Å². The number of amides is 2. The summed E-state index contributed by atoms with van der Waals surface area (Å²) in [4.78, 5) is 64.0. The number of hydrogen-bond acceptors (Lipinski definition) is 12. The number of piperazine rings is 2. The summed E-state index contributed by atoms with van der Waals surface area (Å²) in [7, 11) is 0. The fourth-order valence-corrected chi connectivity index (χ4v) is 5.48. The Kier molecular flexibility index (Phi) is 10.3. The van der Waals surface area contributed by atoms with E-state index in [-0.39, 0.29) is 17.6 Å². The number of hydrogen-bond donors (Lipinski definition) is 1. The van der Waals surface area contributed by atoms with Gasteiger partial charge in [0.05, 0.1) is 37.4 Å². The second-order valence-electron chi connectivity index (χ2n) is 12.4. The predicted octanol–water partition coefficient (Wildman–Crippen LogP) is 1.14. The number of aromatic nitrogens is 4. The largest absolute Gasteiger partial charge is 0.478 e. The molecule has 0 spiro atoms. The first-order valence-electron chi connectivity index (χ1n) is 15.5. The van der Waals surface area contributed by atoms with E-state index in [1.165, 1.54) is 12.4 Å². The molecule has 3 aliphatic heterocycles. The number of carboxylic acid groups (broad SMARTS) is 1. The van der Waals surface area contributed by atoms with Gasteiger partial charge in [0.15, 0.2) is 0 Å². The summed E-state index contributed by atoms with van der Waals surface area (Å²) in [5, 5.41) is 9.00. The second kappa shape index (κ2) is 14.3. The number of carbonyl (C=O) groups excluding carboxylic acids is 2. The first-order valence-corrected chi connectivity index (χ1v) is 15.5. The van der Waals surface area contributed by atoms with Gasteiger partial charge < -0.3 is 34.2 Å². The summed E-state index contributed by atoms with van der Waals surface area (Å²) in [6, 6.07) is 0. The summed E-state index contributed by atoms with van der Waals surface area (Å²) in [6.07, 6.45) is 5.15. The number of carboxylic acids is 1. The van der Waals surface area contributed by atoms with E-state index in [1.54, 1.807) is 11.1 Å². The Morgan fingerprint density at radius 3 is 2.13 bits per heavy atom. The van der Waals surface area contributed by atoms with Gasteiger partial charge in [-0.1, -0.05) is 0 Å². The van der Waals surface area contributed by atoms with Gasteiger partial charge in [0.1, 0.15) is 5.60 Å². The smallest absolute Gasteiger partial charge is 0.410 e. The van der Waals surface area contributed by atoms with Crippen LogP contribution in [0.15, 0.2) is 18.6 Å². The maximum Gasteiger partial charge on any atom is 0.410 e. The lowest BCUT2D eigenvalue weighted by molar-refractivity contribution is -0.132. The van der Waals surface area contributed by atoms with Crippen molar-refractivity contribution in [2.24, 2.45) is 0 Å². The average Bonchev–Trinajstić information content (AvgIpc) is 3.03. The minimum Gasteiger partial charge on any atom is -0.478 e. The van der Waals surface area contributed by atoms with Crippen molar-refractivity contribution in [2.75, 3.05) is 88.5 Å². The normalized spacial score (nSPS) is 17.7. The topological polar surface area (TPSA) is 158 Å². The maximum atomic E-state index is 12.8. The molecule has 2 aromatic heterocycles. The highest BCUT2D eigenvalue weighted by molar-refractivity contribution is 5.86. The molecular formula is C30H43N9O6. The van der Waals surface area contributed by atoms with Crippen molar-refractivity contribution in [3.63, 3.8) is 0 Å². The number of carbonyl (C=O) groups is 3. The van der Waals surface area contributed by atoms with E-state index in [0.717, 1.165) is 44.0 Å². The van der Waals surface area contributed by atoms with E-state index in [4.69, 9.17) is 19.6 Å². The lowest BCUT2D eigenvalue weighted by atomic mass is 10.1. The van der Waals surface area contributed by atoms with Gasteiger partial charge in [0, 0.05) is 96.0 Å². The monoisotopic (exact) mass is 625 g/mol. The molecule has 5 heterocycles. The van der Waals surface area contributed by atoms with Crippen LogP contribution in [0.25, 0.3) is 0 Å². The molecule has 3 aliphatic rings. The number of nitrogens with zero attached hydrogens (tertiary/aromatic N) is 9.